The third-order valence-electron chi connectivity index (χ3n) is 5.64. The first-order valence-electron chi connectivity index (χ1n) is 10.7. The third-order valence-corrected chi connectivity index (χ3v) is 7.79. The quantitative estimate of drug-likeness (QED) is 0.341. The zero-order valence-electron chi connectivity index (χ0n) is 19.0. The maximum atomic E-state index is 12.9. The molecular weight excluding hydrogens is 500 g/mol. The summed E-state index contributed by atoms with van der Waals surface area (Å²) in [6.45, 7) is 8.70. The van der Waals surface area contributed by atoms with E-state index >= 15 is 0 Å². The van der Waals surface area contributed by atoms with Gasteiger partial charge < -0.3 is 9.30 Å². The van der Waals surface area contributed by atoms with E-state index < -0.39 is 0 Å². The van der Waals surface area contributed by atoms with Crippen molar-refractivity contribution in [2.24, 2.45) is 0 Å². The number of imide groups is 1. The summed E-state index contributed by atoms with van der Waals surface area (Å²) >= 11 is 4.61. The van der Waals surface area contributed by atoms with E-state index in [1.807, 2.05) is 50.3 Å². The molecule has 1 aliphatic heterocycles. The first kappa shape index (κ1) is 23.4. The van der Waals surface area contributed by atoms with Gasteiger partial charge in [0.15, 0.2) is 0 Å². The Labute approximate surface area is 206 Å². The van der Waals surface area contributed by atoms with Crippen LogP contribution in [-0.2, 0) is 4.79 Å². The van der Waals surface area contributed by atoms with Crippen LogP contribution < -0.4 is 4.74 Å². The number of nitrogens with zero attached hydrogens (tertiary/aromatic N) is 2. The van der Waals surface area contributed by atoms with Crippen LogP contribution in [0.5, 0.6) is 5.75 Å². The predicted molar refractivity (Wildman–Crippen MR) is 137 cm³/mol. The minimum atomic E-state index is -0.276. The van der Waals surface area contributed by atoms with Crippen LogP contribution in [0, 0.1) is 27.7 Å². The van der Waals surface area contributed by atoms with Gasteiger partial charge in [0.2, 0.25) is 0 Å². The molecule has 4 rings (SSSR count). The number of aromatic nitrogens is 1. The fourth-order valence-corrected chi connectivity index (χ4v) is 5.07. The van der Waals surface area contributed by atoms with Crippen molar-refractivity contribution in [1.82, 2.24) is 9.47 Å². The number of rotatable bonds is 6. The Balaban J connectivity index is 1.54. The first-order chi connectivity index (χ1) is 15.8. The van der Waals surface area contributed by atoms with Crippen LogP contribution in [-0.4, -0.2) is 33.8 Å². The molecule has 5 nitrogen and oxygen atoms in total. The molecule has 0 bridgehead atoms. The van der Waals surface area contributed by atoms with Crippen molar-refractivity contribution in [2.45, 2.75) is 27.7 Å². The number of carbonyl (C=O) groups excluding carboxylic acids is 2. The number of hydrogen-bond donors (Lipinski definition) is 0. The molecule has 0 atom stereocenters. The number of aryl methyl sites for hydroxylation is 3. The van der Waals surface area contributed by atoms with Crippen LogP contribution in [0.1, 0.15) is 28.1 Å². The van der Waals surface area contributed by atoms with Crippen LogP contribution in [0.2, 0.25) is 0 Å². The number of ether oxygens (including phenoxy) is 1. The maximum Gasteiger partial charge on any atom is 0.293 e. The van der Waals surface area contributed by atoms with Gasteiger partial charge in [0, 0.05) is 21.5 Å². The smallest absolute Gasteiger partial charge is 0.293 e. The SMILES string of the molecule is Cc1cc(-n2c(C)cc(/C=C3\SC(=O)N(CCOc4ccccc4)C3=O)c2C)cc(C)c1Br. The monoisotopic (exact) mass is 524 g/mol. The third kappa shape index (κ3) is 4.80. The summed E-state index contributed by atoms with van der Waals surface area (Å²) in [6.07, 6.45) is 1.82. The van der Waals surface area contributed by atoms with Gasteiger partial charge in [-0.3, -0.25) is 14.5 Å². The summed E-state index contributed by atoms with van der Waals surface area (Å²) < 4.78 is 8.94. The Hall–Kier alpha value is -2.77. The van der Waals surface area contributed by atoms with Crippen LogP contribution >= 0.6 is 27.7 Å². The molecule has 33 heavy (non-hydrogen) atoms. The molecule has 1 fully saturated rings. The van der Waals surface area contributed by atoms with Gasteiger partial charge in [-0.1, -0.05) is 34.1 Å². The highest BCUT2D eigenvalue weighted by Crippen LogP contribution is 2.34. The molecule has 0 saturated carbocycles. The second kappa shape index (κ2) is 9.61. The summed E-state index contributed by atoms with van der Waals surface area (Å²) in [4.78, 5) is 27.1. The number of benzene rings is 2. The summed E-state index contributed by atoms with van der Waals surface area (Å²) in [5.74, 6) is 0.438. The maximum absolute atomic E-state index is 12.9. The van der Waals surface area contributed by atoms with Crippen molar-refractivity contribution in [3.8, 4) is 11.4 Å². The fraction of sp³-hybridized carbons (Fsp3) is 0.231. The second-order valence-corrected chi connectivity index (χ2v) is 9.84. The molecule has 3 aromatic rings. The molecule has 0 unspecified atom stereocenters. The number of hydrogen-bond acceptors (Lipinski definition) is 4. The van der Waals surface area contributed by atoms with E-state index in [9.17, 15) is 9.59 Å². The van der Waals surface area contributed by atoms with Gasteiger partial charge in [-0.25, -0.2) is 0 Å². The minimum absolute atomic E-state index is 0.216. The average Bonchev–Trinajstić information content (AvgIpc) is 3.21. The molecule has 2 aromatic carbocycles. The minimum Gasteiger partial charge on any atom is -0.492 e. The molecule has 1 saturated heterocycles. The van der Waals surface area contributed by atoms with Gasteiger partial charge in [-0.2, -0.15) is 0 Å². The second-order valence-electron chi connectivity index (χ2n) is 8.05. The molecule has 2 amide bonds. The number of amides is 2. The van der Waals surface area contributed by atoms with Crippen molar-refractivity contribution < 1.29 is 14.3 Å². The highest BCUT2D eigenvalue weighted by Gasteiger charge is 2.35. The summed E-state index contributed by atoms with van der Waals surface area (Å²) in [7, 11) is 0. The lowest BCUT2D eigenvalue weighted by Gasteiger charge is -2.13. The number of thioether (sulfide) groups is 1. The zero-order valence-corrected chi connectivity index (χ0v) is 21.4. The molecule has 170 valence electrons. The largest absolute Gasteiger partial charge is 0.492 e. The fourth-order valence-electron chi connectivity index (χ4n) is 3.99. The lowest BCUT2D eigenvalue weighted by atomic mass is 10.1. The van der Waals surface area contributed by atoms with Crippen molar-refractivity contribution in [3.05, 3.63) is 86.0 Å². The van der Waals surface area contributed by atoms with Gasteiger partial charge in [0.1, 0.15) is 12.4 Å². The predicted octanol–water partition coefficient (Wildman–Crippen LogP) is 6.59. The summed E-state index contributed by atoms with van der Waals surface area (Å²) in [6, 6.07) is 15.7. The Morgan fingerprint density at radius 2 is 1.67 bits per heavy atom. The van der Waals surface area contributed by atoms with E-state index in [1.54, 1.807) is 0 Å². The highest BCUT2D eigenvalue weighted by atomic mass is 79.9. The van der Waals surface area contributed by atoms with Crippen LogP contribution in [0.4, 0.5) is 4.79 Å². The van der Waals surface area contributed by atoms with E-state index in [0.717, 1.165) is 50.0 Å². The Kier molecular flexibility index (Phi) is 6.81. The van der Waals surface area contributed by atoms with Gasteiger partial charge in [0.05, 0.1) is 11.4 Å². The molecule has 1 aromatic heterocycles. The van der Waals surface area contributed by atoms with E-state index in [2.05, 4.69) is 52.5 Å². The Morgan fingerprint density at radius 3 is 2.33 bits per heavy atom. The number of para-hydroxylation sites is 1. The van der Waals surface area contributed by atoms with Crippen molar-refractivity contribution in [2.75, 3.05) is 13.2 Å². The standard InChI is InChI=1S/C26H25BrN2O3S/c1-16-12-21(13-17(2)24(16)27)29-18(3)14-20(19(29)4)15-23-25(30)28(26(31)33-23)10-11-32-22-8-6-5-7-9-22/h5-9,12-15H,10-11H2,1-4H3/b23-15-. The van der Waals surface area contributed by atoms with Gasteiger partial charge >= 0.3 is 0 Å². The normalized spacial score (nSPS) is 15.1. The van der Waals surface area contributed by atoms with Crippen molar-refractivity contribution in [3.63, 3.8) is 0 Å². The molecule has 7 heteroatoms. The molecule has 0 N–H and O–H groups in total. The van der Waals surface area contributed by atoms with Crippen molar-refractivity contribution in [1.29, 1.82) is 0 Å². The van der Waals surface area contributed by atoms with E-state index in [1.165, 1.54) is 4.90 Å². The zero-order chi connectivity index (χ0) is 23.7. The Bertz CT molecular complexity index is 1240. The molecule has 2 heterocycles. The van der Waals surface area contributed by atoms with Gasteiger partial charge in [0.25, 0.3) is 11.1 Å². The summed E-state index contributed by atoms with van der Waals surface area (Å²) in [5, 5.41) is -0.268. The van der Waals surface area contributed by atoms with E-state index in [4.69, 9.17) is 4.74 Å². The van der Waals surface area contributed by atoms with Crippen LogP contribution in [0.25, 0.3) is 11.8 Å². The van der Waals surface area contributed by atoms with Gasteiger partial charge in [-0.15, -0.1) is 0 Å². The summed E-state index contributed by atoms with van der Waals surface area (Å²) in [5.41, 5.74) is 6.42. The molecule has 0 aliphatic carbocycles. The number of carbonyl (C=O) groups is 2. The Morgan fingerprint density at radius 1 is 1.00 bits per heavy atom. The van der Waals surface area contributed by atoms with Crippen LogP contribution in [0.3, 0.4) is 0 Å². The lowest BCUT2D eigenvalue weighted by molar-refractivity contribution is -0.123. The molecule has 0 radical (unpaired) electrons. The molecular formula is C26H25BrN2O3S. The first-order valence-corrected chi connectivity index (χ1v) is 12.3. The molecule has 0 spiro atoms. The van der Waals surface area contributed by atoms with E-state index in [0.29, 0.717) is 10.7 Å². The molecule has 1 aliphatic rings. The average molecular weight is 525 g/mol. The van der Waals surface area contributed by atoms with Crippen LogP contribution in [0.15, 0.2) is 57.9 Å². The number of halogens is 1. The lowest BCUT2D eigenvalue weighted by Crippen LogP contribution is -2.32. The highest BCUT2D eigenvalue weighted by molar-refractivity contribution is 9.10. The van der Waals surface area contributed by atoms with E-state index in [-0.39, 0.29) is 24.3 Å². The topological polar surface area (TPSA) is 51.5 Å². The van der Waals surface area contributed by atoms with Gasteiger partial charge in [-0.05, 0) is 92.6 Å². The van der Waals surface area contributed by atoms with Crippen molar-refractivity contribution >= 4 is 44.9 Å².